The summed E-state index contributed by atoms with van der Waals surface area (Å²) in [6.45, 7) is 8.33. The molecule has 0 aliphatic carbocycles. The van der Waals surface area contributed by atoms with E-state index in [2.05, 4.69) is 55.3 Å². The van der Waals surface area contributed by atoms with Crippen molar-refractivity contribution in [3.8, 4) is 0 Å². The highest BCUT2D eigenvalue weighted by Crippen LogP contribution is 2.19. The fraction of sp³-hybridized carbons (Fsp3) is 0.600. The lowest BCUT2D eigenvalue weighted by molar-refractivity contribution is 0.148. The molecule has 3 nitrogen and oxygen atoms in total. The Morgan fingerprint density at radius 3 is 2.68 bits per heavy atom. The predicted octanol–water partition coefficient (Wildman–Crippen LogP) is 1.93. The van der Waals surface area contributed by atoms with Crippen LogP contribution in [0.25, 0.3) is 0 Å². The number of halogens is 1. The van der Waals surface area contributed by atoms with Crippen molar-refractivity contribution < 1.29 is 0 Å². The van der Waals surface area contributed by atoms with Gasteiger partial charge in [-0.3, -0.25) is 9.80 Å². The Labute approximate surface area is 124 Å². The Morgan fingerprint density at radius 2 is 1.95 bits per heavy atom. The van der Waals surface area contributed by atoms with Crippen molar-refractivity contribution in [1.29, 1.82) is 0 Å². The van der Waals surface area contributed by atoms with Crippen LogP contribution in [-0.2, 0) is 6.54 Å². The maximum atomic E-state index is 3.65. The number of hydrogen-bond donors (Lipinski definition) is 1. The van der Waals surface area contributed by atoms with Gasteiger partial charge in [-0.15, -0.1) is 0 Å². The topological polar surface area (TPSA) is 18.5 Å². The lowest BCUT2D eigenvalue weighted by atomic mass is 10.1. The molecule has 4 heteroatoms. The summed E-state index contributed by atoms with van der Waals surface area (Å²) in [5.74, 6) is 0. The van der Waals surface area contributed by atoms with Gasteiger partial charge in [0.25, 0.3) is 0 Å². The van der Waals surface area contributed by atoms with Gasteiger partial charge in [-0.25, -0.2) is 0 Å². The van der Waals surface area contributed by atoms with Crippen molar-refractivity contribution in [3.63, 3.8) is 0 Å². The third-order valence-corrected chi connectivity index (χ3v) is 5.02. The van der Waals surface area contributed by atoms with Crippen LogP contribution in [0.15, 0.2) is 28.7 Å². The number of benzene rings is 1. The van der Waals surface area contributed by atoms with Gasteiger partial charge in [0.2, 0.25) is 0 Å². The summed E-state index contributed by atoms with van der Waals surface area (Å²) < 4.78 is 1.24. The summed E-state index contributed by atoms with van der Waals surface area (Å²) in [6, 6.07) is 9.37. The van der Waals surface area contributed by atoms with E-state index in [0.717, 1.165) is 12.6 Å². The Bertz CT molecular complexity index is 420. The van der Waals surface area contributed by atoms with Crippen molar-refractivity contribution in [1.82, 2.24) is 15.1 Å². The van der Waals surface area contributed by atoms with Crippen molar-refractivity contribution in [2.45, 2.75) is 19.0 Å². The Balaban J connectivity index is 1.56. The smallest absolute Gasteiger partial charge is 0.0345 e. The van der Waals surface area contributed by atoms with Gasteiger partial charge in [0.1, 0.15) is 0 Å². The summed E-state index contributed by atoms with van der Waals surface area (Å²) in [7, 11) is 0. The normalized spacial score (nSPS) is 23.0. The molecule has 2 heterocycles. The minimum Gasteiger partial charge on any atom is -0.314 e. The predicted molar refractivity (Wildman–Crippen MR) is 82.3 cm³/mol. The van der Waals surface area contributed by atoms with E-state index >= 15 is 0 Å². The molecule has 0 aromatic heterocycles. The van der Waals surface area contributed by atoms with E-state index in [1.54, 1.807) is 0 Å². The highest BCUT2D eigenvalue weighted by molar-refractivity contribution is 9.10. The van der Waals surface area contributed by atoms with E-state index in [4.69, 9.17) is 0 Å². The first kappa shape index (κ1) is 13.6. The maximum absolute atomic E-state index is 3.65. The van der Waals surface area contributed by atoms with Crippen LogP contribution in [0.5, 0.6) is 0 Å². The van der Waals surface area contributed by atoms with Crippen molar-refractivity contribution in [3.05, 3.63) is 34.3 Å². The quantitative estimate of drug-likeness (QED) is 0.917. The van der Waals surface area contributed by atoms with Crippen LogP contribution in [0.3, 0.4) is 0 Å². The second-order valence-corrected chi connectivity index (χ2v) is 6.42. The molecular formula is C15H22BrN3. The first-order chi connectivity index (χ1) is 9.33. The van der Waals surface area contributed by atoms with E-state index in [0.29, 0.717) is 0 Å². The van der Waals surface area contributed by atoms with Crippen LogP contribution < -0.4 is 5.32 Å². The van der Waals surface area contributed by atoms with Crippen LogP contribution in [0, 0.1) is 0 Å². The van der Waals surface area contributed by atoms with Gasteiger partial charge in [-0.2, -0.15) is 0 Å². The molecule has 0 saturated carbocycles. The van der Waals surface area contributed by atoms with Crippen LogP contribution >= 0.6 is 15.9 Å². The molecule has 1 aromatic rings. The standard InChI is InChI=1S/C15H22BrN3/c16-15-5-2-1-4-13(15)12-18-6-3-7-19(9-8-18)14-10-17-11-14/h1-2,4-5,14,17H,3,6-12H2. The van der Waals surface area contributed by atoms with Gasteiger partial charge in [-0.1, -0.05) is 34.1 Å². The van der Waals surface area contributed by atoms with Crippen LogP contribution in [0.1, 0.15) is 12.0 Å². The van der Waals surface area contributed by atoms with Gasteiger partial charge >= 0.3 is 0 Å². The molecule has 19 heavy (non-hydrogen) atoms. The van der Waals surface area contributed by atoms with E-state index < -0.39 is 0 Å². The zero-order valence-corrected chi connectivity index (χ0v) is 12.9. The zero-order chi connectivity index (χ0) is 13.1. The second-order valence-electron chi connectivity index (χ2n) is 5.57. The van der Waals surface area contributed by atoms with Crippen LogP contribution in [0.2, 0.25) is 0 Å². The summed E-state index contributed by atoms with van der Waals surface area (Å²) >= 11 is 3.65. The summed E-state index contributed by atoms with van der Waals surface area (Å²) in [5.41, 5.74) is 1.40. The first-order valence-electron chi connectivity index (χ1n) is 7.23. The SMILES string of the molecule is Brc1ccccc1CN1CCCN(C2CNC2)CC1. The molecule has 1 N–H and O–H groups in total. The third-order valence-electron chi connectivity index (χ3n) is 4.25. The molecule has 0 bridgehead atoms. The highest BCUT2D eigenvalue weighted by atomic mass is 79.9. The molecule has 104 valence electrons. The molecular weight excluding hydrogens is 302 g/mol. The fourth-order valence-corrected chi connectivity index (χ4v) is 3.32. The average molecular weight is 324 g/mol. The number of nitrogens with one attached hydrogen (secondary N) is 1. The summed E-state index contributed by atoms with van der Waals surface area (Å²) in [5, 5.41) is 3.38. The zero-order valence-electron chi connectivity index (χ0n) is 11.3. The van der Waals surface area contributed by atoms with Crippen LogP contribution in [0.4, 0.5) is 0 Å². The number of rotatable bonds is 3. The Morgan fingerprint density at radius 1 is 1.11 bits per heavy atom. The molecule has 0 unspecified atom stereocenters. The van der Waals surface area contributed by atoms with E-state index in [1.165, 1.54) is 55.7 Å². The molecule has 0 spiro atoms. The lowest BCUT2D eigenvalue weighted by Crippen LogP contribution is -2.57. The summed E-state index contributed by atoms with van der Waals surface area (Å²) in [4.78, 5) is 5.25. The Hall–Kier alpha value is -0.420. The summed E-state index contributed by atoms with van der Waals surface area (Å²) in [6.07, 6.45) is 1.29. The number of nitrogens with zero attached hydrogens (tertiary/aromatic N) is 2. The largest absolute Gasteiger partial charge is 0.314 e. The van der Waals surface area contributed by atoms with Crippen molar-refractivity contribution in [2.24, 2.45) is 0 Å². The van der Waals surface area contributed by atoms with Crippen molar-refractivity contribution in [2.75, 3.05) is 39.3 Å². The molecule has 1 aromatic carbocycles. The maximum Gasteiger partial charge on any atom is 0.0345 e. The third kappa shape index (κ3) is 3.37. The van der Waals surface area contributed by atoms with E-state index in [9.17, 15) is 0 Å². The molecule has 2 aliphatic heterocycles. The monoisotopic (exact) mass is 323 g/mol. The second kappa shape index (κ2) is 6.35. The van der Waals surface area contributed by atoms with Crippen LogP contribution in [-0.4, -0.2) is 55.1 Å². The minimum absolute atomic E-state index is 0.795. The average Bonchev–Trinajstić information content (AvgIpc) is 2.56. The van der Waals surface area contributed by atoms with Gasteiger partial charge < -0.3 is 5.32 Å². The van der Waals surface area contributed by atoms with Gasteiger partial charge in [-0.05, 0) is 31.1 Å². The first-order valence-corrected chi connectivity index (χ1v) is 8.03. The van der Waals surface area contributed by atoms with E-state index in [1.807, 2.05) is 0 Å². The molecule has 0 radical (unpaired) electrons. The van der Waals surface area contributed by atoms with Gasteiger partial charge in [0.15, 0.2) is 0 Å². The minimum atomic E-state index is 0.795. The molecule has 2 aliphatic rings. The highest BCUT2D eigenvalue weighted by Gasteiger charge is 2.26. The molecule has 2 saturated heterocycles. The van der Waals surface area contributed by atoms with Crippen molar-refractivity contribution >= 4 is 15.9 Å². The van der Waals surface area contributed by atoms with Gasteiger partial charge in [0.05, 0.1) is 0 Å². The lowest BCUT2D eigenvalue weighted by Gasteiger charge is -2.37. The molecule has 0 amide bonds. The van der Waals surface area contributed by atoms with E-state index in [-0.39, 0.29) is 0 Å². The molecule has 0 atom stereocenters. The number of hydrogen-bond acceptors (Lipinski definition) is 3. The Kier molecular flexibility index (Phi) is 4.53. The molecule has 3 rings (SSSR count). The fourth-order valence-electron chi connectivity index (χ4n) is 2.91. The molecule has 2 fully saturated rings. The van der Waals surface area contributed by atoms with Gasteiger partial charge in [0, 0.05) is 43.2 Å².